The molecule has 0 fully saturated rings. The van der Waals surface area contributed by atoms with Crippen LogP contribution in [0, 0.1) is 6.92 Å². The first-order valence-corrected chi connectivity index (χ1v) is 7.31. The van der Waals surface area contributed by atoms with Gasteiger partial charge in [-0.15, -0.1) is 11.8 Å². The van der Waals surface area contributed by atoms with Crippen molar-refractivity contribution in [1.29, 1.82) is 0 Å². The first-order valence-electron chi connectivity index (χ1n) is 6.43. The molecule has 0 bridgehead atoms. The zero-order valence-electron chi connectivity index (χ0n) is 11.9. The van der Waals surface area contributed by atoms with Gasteiger partial charge in [0.25, 0.3) is 0 Å². The highest BCUT2D eigenvalue weighted by Gasteiger charge is 2.13. The molecule has 0 radical (unpaired) electrons. The molecule has 3 nitrogen and oxygen atoms in total. The molecule has 1 aromatic heterocycles. The first-order chi connectivity index (χ1) is 8.40. The monoisotopic (exact) mass is 268 g/mol. The van der Waals surface area contributed by atoms with Gasteiger partial charge in [-0.1, -0.05) is 26.8 Å². The summed E-state index contributed by atoms with van der Waals surface area (Å²) in [6.45, 7) is 11.0. The van der Waals surface area contributed by atoms with E-state index in [0.29, 0.717) is 6.04 Å². The lowest BCUT2D eigenvalue weighted by Gasteiger charge is -2.15. The van der Waals surface area contributed by atoms with Crippen molar-refractivity contribution in [3.8, 4) is 0 Å². The SMILES string of the molecule is Cc1cc(CNC(C)C)cnc1SC(C)C(C)O. The van der Waals surface area contributed by atoms with E-state index in [1.54, 1.807) is 11.8 Å². The van der Waals surface area contributed by atoms with Gasteiger partial charge in [0.05, 0.1) is 11.1 Å². The number of nitrogens with one attached hydrogen (secondary N) is 1. The summed E-state index contributed by atoms with van der Waals surface area (Å²) < 4.78 is 0. The van der Waals surface area contributed by atoms with Gasteiger partial charge in [-0.2, -0.15) is 0 Å². The van der Waals surface area contributed by atoms with Gasteiger partial charge in [-0.3, -0.25) is 0 Å². The van der Waals surface area contributed by atoms with Gasteiger partial charge in [0, 0.05) is 24.0 Å². The zero-order chi connectivity index (χ0) is 13.7. The summed E-state index contributed by atoms with van der Waals surface area (Å²) in [6.07, 6.45) is 1.60. The summed E-state index contributed by atoms with van der Waals surface area (Å²) in [7, 11) is 0. The minimum Gasteiger partial charge on any atom is -0.392 e. The Morgan fingerprint density at radius 3 is 2.50 bits per heavy atom. The van der Waals surface area contributed by atoms with Crippen molar-refractivity contribution in [1.82, 2.24) is 10.3 Å². The fraction of sp³-hybridized carbons (Fsp3) is 0.643. The molecule has 102 valence electrons. The zero-order valence-corrected chi connectivity index (χ0v) is 12.7. The molecule has 0 aromatic carbocycles. The predicted octanol–water partition coefficient (Wildman–Crippen LogP) is 2.75. The van der Waals surface area contributed by atoms with Gasteiger partial charge >= 0.3 is 0 Å². The average molecular weight is 268 g/mol. The van der Waals surface area contributed by atoms with E-state index in [9.17, 15) is 5.11 Å². The Hall–Kier alpha value is -0.580. The molecule has 0 spiro atoms. The molecule has 0 amide bonds. The van der Waals surface area contributed by atoms with Crippen molar-refractivity contribution >= 4 is 11.8 Å². The second kappa shape index (κ2) is 7.12. The number of nitrogens with zero attached hydrogens (tertiary/aromatic N) is 1. The summed E-state index contributed by atoms with van der Waals surface area (Å²) in [6, 6.07) is 2.65. The molecule has 4 heteroatoms. The van der Waals surface area contributed by atoms with Crippen LogP contribution in [0.4, 0.5) is 0 Å². The molecule has 1 heterocycles. The van der Waals surface area contributed by atoms with Gasteiger partial charge < -0.3 is 10.4 Å². The number of rotatable bonds is 6. The van der Waals surface area contributed by atoms with Gasteiger partial charge in [0.1, 0.15) is 0 Å². The highest BCUT2D eigenvalue weighted by atomic mass is 32.2. The number of pyridine rings is 1. The van der Waals surface area contributed by atoms with E-state index in [1.807, 2.05) is 20.0 Å². The third-order valence-electron chi connectivity index (χ3n) is 2.78. The van der Waals surface area contributed by atoms with Crippen molar-refractivity contribution in [2.24, 2.45) is 0 Å². The van der Waals surface area contributed by atoms with Gasteiger partial charge in [0.2, 0.25) is 0 Å². The summed E-state index contributed by atoms with van der Waals surface area (Å²) in [4.78, 5) is 4.49. The molecule has 0 aliphatic heterocycles. The minimum absolute atomic E-state index is 0.163. The van der Waals surface area contributed by atoms with Crippen molar-refractivity contribution in [3.05, 3.63) is 23.4 Å². The normalized spacial score (nSPS) is 14.8. The molecule has 2 N–H and O–H groups in total. The molecule has 18 heavy (non-hydrogen) atoms. The number of hydrogen-bond donors (Lipinski definition) is 2. The van der Waals surface area contributed by atoms with Gasteiger partial charge in [-0.05, 0) is 25.0 Å². The van der Waals surface area contributed by atoms with Crippen molar-refractivity contribution in [3.63, 3.8) is 0 Å². The molecule has 1 rings (SSSR count). The Kier molecular flexibility index (Phi) is 6.12. The van der Waals surface area contributed by atoms with E-state index in [1.165, 1.54) is 11.1 Å². The Morgan fingerprint density at radius 1 is 1.33 bits per heavy atom. The smallest absolute Gasteiger partial charge is 0.0992 e. The van der Waals surface area contributed by atoms with Crippen molar-refractivity contribution in [2.45, 2.75) is 63.6 Å². The third-order valence-corrected chi connectivity index (χ3v) is 4.19. The minimum atomic E-state index is -0.321. The Labute approximate surface area is 114 Å². The van der Waals surface area contributed by atoms with E-state index in [2.05, 4.69) is 37.1 Å². The largest absolute Gasteiger partial charge is 0.392 e. The fourth-order valence-electron chi connectivity index (χ4n) is 1.44. The Balaban J connectivity index is 2.67. The highest BCUT2D eigenvalue weighted by Crippen LogP contribution is 2.26. The number of thioether (sulfide) groups is 1. The van der Waals surface area contributed by atoms with Crippen LogP contribution in [0.15, 0.2) is 17.3 Å². The molecule has 1 aromatic rings. The van der Waals surface area contributed by atoms with E-state index >= 15 is 0 Å². The number of aliphatic hydroxyl groups excluding tert-OH is 1. The van der Waals surface area contributed by atoms with E-state index in [4.69, 9.17) is 0 Å². The number of aliphatic hydroxyl groups is 1. The molecular weight excluding hydrogens is 244 g/mol. The predicted molar refractivity (Wildman–Crippen MR) is 77.9 cm³/mol. The lowest BCUT2D eigenvalue weighted by Crippen LogP contribution is -2.22. The molecule has 0 saturated heterocycles. The average Bonchev–Trinajstić information content (AvgIpc) is 2.29. The van der Waals surface area contributed by atoms with Crippen LogP contribution < -0.4 is 5.32 Å². The Bertz CT molecular complexity index is 380. The van der Waals surface area contributed by atoms with Crippen LogP contribution in [0.3, 0.4) is 0 Å². The van der Waals surface area contributed by atoms with Gasteiger partial charge in [-0.25, -0.2) is 4.98 Å². The molecule has 2 unspecified atom stereocenters. The number of aryl methyl sites for hydroxylation is 1. The highest BCUT2D eigenvalue weighted by molar-refractivity contribution is 7.99. The van der Waals surface area contributed by atoms with Crippen LogP contribution in [-0.4, -0.2) is 27.5 Å². The van der Waals surface area contributed by atoms with Gasteiger partial charge in [0.15, 0.2) is 0 Å². The summed E-state index contributed by atoms with van der Waals surface area (Å²) >= 11 is 1.63. The Morgan fingerprint density at radius 2 is 2.00 bits per heavy atom. The maximum absolute atomic E-state index is 9.51. The molecule has 0 aliphatic carbocycles. The summed E-state index contributed by atoms with van der Waals surface area (Å²) in [5, 5.41) is 14.1. The number of aromatic nitrogens is 1. The van der Waals surface area contributed by atoms with E-state index in [0.717, 1.165) is 11.6 Å². The molecular formula is C14H24N2OS. The van der Waals surface area contributed by atoms with Crippen molar-refractivity contribution < 1.29 is 5.11 Å². The van der Waals surface area contributed by atoms with Crippen LogP contribution in [0.25, 0.3) is 0 Å². The standard InChI is InChI=1S/C14H24N2OS/c1-9(2)15-7-13-6-10(3)14(16-8-13)18-12(5)11(4)17/h6,8-9,11-12,15,17H,7H2,1-5H3. The van der Waals surface area contributed by atoms with Crippen LogP contribution in [-0.2, 0) is 6.54 Å². The fourth-order valence-corrected chi connectivity index (χ4v) is 2.34. The molecule has 0 aliphatic rings. The second-order valence-electron chi connectivity index (χ2n) is 5.06. The van der Waals surface area contributed by atoms with Crippen LogP contribution >= 0.6 is 11.8 Å². The number of hydrogen-bond acceptors (Lipinski definition) is 4. The molecule has 0 saturated carbocycles. The van der Waals surface area contributed by atoms with Crippen LogP contribution in [0.2, 0.25) is 0 Å². The maximum atomic E-state index is 9.51. The lowest BCUT2D eigenvalue weighted by molar-refractivity contribution is 0.196. The summed E-state index contributed by atoms with van der Waals surface area (Å²) in [5.74, 6) is 0. The van der Waals surface area contributed by atoms with E-state index < -0.39 is 0 Å². The third kappa shape index (κ3) is 4.96. The quantitative estimate of drug-likeness (QED) is 0.779. The van der Waals surface area contributed by atoms with Crippen LogP contribution in [0.5, 0.6) is 0 Å². The first kappa shape index (κ1) is 15.5. The topological polar surface area (TPSA) is 45.2 Å². The van der Waals surface area contributed by atoms with Crippen LogP contribution in [0.1, 0.15) is 38.8 Å². The second-order valence-corrected chi connectivity index (χ2v) is 6.43. The summed E-state index contributed by atoms with van der Waals surface area (Å²) in [5.41, 5.74) is 2.38. The maximum Gasteiger partial charge on any atom is 0.0992 e. The van der Waals surface area contributed by atoms with E-state index in [-0.39, 0.29) is 11.4 Å². The molecule has 2 atom stereocenters. The lowest BCUT2D eigenvalue weighted by atomic mass is 10.2. The van der Waals surface area contributed by atoms with Crippen molar-refractivity contribution in [2.75, 3.05) is 0 Å².